The van der Waals surface area contributed by atoms with Gasteiger partial charge in [-0.15, -0.1) is 5.10 Å². The summed E-state index contributed by atoms with van der Waals surface area (Å²) in [6.45, 7) is 0. The summed E-state index contributed by atoms with van der Waals surface area (Å²) in [6.07, 6.45) is 5.02. The van der Waals surface area contributed by atoms with Gasteiger partial charge >= 0.3 is 0 Å². The summed E-state index contributed by atoms with van der Waals surface area (Å²) in [5.41, 5.74) is 8.14. The molecule has 0 radical (unpaired) electrons. The number of nitrogen functional groups attached to an aromatic ring is 1. The molecule has 3 aromatic rings. The van der Waals surface area contributed by atoms with Crippen LogP contribution in [0.2, 0.25) is 0 Å². The van der Waals surface area contributed by atoms with Crippen molar-refractivity contribution in [2.45, 2.75) is 0 Å². The molecule has 0 saturated heterocycles. The standard InChI is InChI=1S/C10H8N6/c11-9-1-2-10-12-6-8(16(10)15-9)7-3-4-13-14-5-7/h1-6H,(H2,11,15). The zero-order valence-corrected chi connectivity index (χ0v) is 8.28. The predicted molar refractivity (Wildman–Crippen MR) is 58.4 cm³/mol. The summed E-state index contributed by atoms with van der Waals surface area (Å²) in [4.78, 5) is 4.23. The third kappa shape index (κ3) is 1.28. The summed E-state index contributed by atoms with van der Waals surface area (Å²) in [5, 5.41) is 11.7. The Balaban J connectivity index is 2.29. The van der Waals surface area contributed by atoms with Crippen molar-refractivity contribution >= 4 is 11.5 Å². The van der Waals surface area contributed by atoms with Crippen molar-refractivity contribution in [2.24, 2.45) is 0 Å². The lowest BCUT2D eigenvalue weighted by Crippen LogP contribution is -1.99. The molecule has 0 aliphatic heterocycles. The maximum Gasteiger partial charge on any atom is 0.154 e. The zero-order chi connectivity index (χ0) is 11.0. The van der Waals surface area contributed by atoms with Gasteiger partial charge in [0.2, 0.25) is 0 Å². The smallest absolute Gasteiger partial charge is 0.154 e. The van der Waals surface area contributed by atoms with E-state index < -0.39 is 0 Å². The van der Waals surface area contributed by atoms with Crippen LogP contribution < -0.4 is 5.73 Å². The molecule has 0 atom stereocenters. The molecule has 0 aliphatic carbocycles. The molecule has 3 rings (SSSR count). The SMILES string of the molecule is Nc1ccc2ncc(-c3ccnnc3)n2n1. The van der Waals surface area contributed by atoms with Crippen LogP contribution in [0.1, 0.15) is 0 Å². The van der Waals surface area contributed by atoms with Gasteiger partial charge in [-0.2, -0.15) is 10.2 Å². The van der Waals surface area contributed by atoms with Crippen LogP contribution in [0.15, 0.2) is 36.8 Å². The van der Waals surface area contributed by atoms with Crippen LogP contribution in [0.5, 0.6) is 0 Å². The van der Waals surface area contributed by atoms with Crippen LogP contribution in [0.25, 0.3) is 16.9 Å². The number of anilines is 1. The number of nitrogens with zero attached hydrogens (tertiary/aromatic N) is 5. The van der Waals surface area contributed by atoms with Crippen molar-refractivity contribution in [2.75, 3.05) is 5.73 Å². The molecule has 6 nitrogen and oxygen atoms in total. The van der Waals surface area contributed by atoms with E-state index in [9.17, 15) is 0 Å². The number of fused-ring (bicyclic) bond motifs is 1. The Morgan fingerprint density at radius 1 is 1.06 bits per heavy atom. The van der Waals surface area contributed by atoms with E-state index in [1.807, 2.05) is 12.1 Å². The predicted octanol–water partition coefficient (Wildman–Crippen LogP) is 0.768. The molecule has 0 bridgehead atoms. The molecule has 6 heteroatoms. The summed E-state index contributed by atoms with van der Waals surface area (Å²) < 4.78 is 1.69. The Hall–Kier alpha value is -2.50. The Kier molecular flexibility index (Phi) is 1.79. The maximum absolute atomic E-state index is 5.64. The van der Waals surface area contributed by atoms with Gasteiger partial charge in [0.05, 0.1) is 24.3 Å². The minimum absolute atomic E-state index is 0.453. The van der Waals surface area contributed by atoms with Crippen molar-refractivity contribution in [3.05, 3.63) is 36.8 Å². The largest absolute Gasteiger partial charge is 0.382 e. The lowest BCUT2D eigenvalue weighted by atomic mass is 10.2. The summed E-state index contributed by atoms with van der Waals surface area (Å²) in [7, 11) is 0. The number of aromatic nitrogens is 5. The Morgan fingerprint density at radius 2 is 2.00 bits per heavy atom. The van der Waals surface area contributed by atoms with Gasteiger partial charge in [-0.25, -0.2) is 9.50 Å². The average molecular weight is 212 g/mol. The third-order valence-corrected chi connectivity index (χ3v) is 2.26. The second-order valence-corrected chi connectivity index (χ2v) is 3.30. The quantitative estimate of drug-likeness (QED) is 0.644. The lowest BCUT2D eigenvalue weighted by Gasteiger charge is -2.00. The summed E-state index contributed by atoms with van der Waals surface area (Å²) in [5.74, 6) is 0.453. The maximum atomic E-state index is 5.64. The summed E-state index contributed by atoms with van der Waals surface area (Å²) >= 11 is 0. The van der Waals surface area contributed by atoms with E-state index in [4.69, 9.17) is 5.73 Å². The first kappa shape index (κ1) is 8.78. The van der Waals surface area contributed by atoms with Gasteiger partial charge in [0.1, 0.15) is 5.82 Å². The van der Waals surface area contributed by atoms with E-state index in [-0.39, 0.29) is 0 Å². The van der Waals surface area contributed by atoms with Crippen LogP contribution in [0, 0.1) is 0 Å². The van der Waals surface area contributed by atoms with Gasteiger partial charge in [-0.3, -0.25) is 0 Å². The minimum Gasteiger partial charge on any atom is -0.382 e. The second-order valence-electron chi connectivity index (χ2n) is 3.30. The molecule has 0 fully saturated rings. The molecular formula is C10H8N6. The number of imidazole rings is 1. The van der Waals surface area contributed by atoms with Crippen molar-refractivity contribution in [3.63, 3.8) is 0 Å². The summed E-state index contributed by atoms with van der Waals surface area (Å²) in [6, 6.07) is 5.39. The first-order chi connectivity index (χ1) is 7.84. The molecular weight excluding hydrogens is 204 g/mol. The highest BCUT2D eigenvalue weighted by Gasteiger charge is 2.06. The van der Waals surface area contributed by atoms with Crippen LogP contribution in [0.4, 0.5) is 5.82 Å². The van der Waals surface area contributed by atoms with E-state index in [0.717, 1.165) is 16.9 Å². The highest BCUT2D eigenvalue weighted by Crippen LogP contribution is 2.18. The van der Waals surface area contributed by atoms with E-state index >= 15 is 0 Å². The van der Waals surface area contributed by atoms with Gasteiger partial charge in [-0.05, 0) is 18.2 Å². The van der Waals surface area contributed by atoms with E-state index in [1.54, 1.807) is 29.2 Å². The highest BCUT2D eigenvalue weighted by atomic mass is 15.3. The molecule has 0 aliphatic rings. The van der Waals surface area contributed by atoms with Crippen molar-refractivity contribution < 1.29 is 0 Å². The Labute approximate surface area is 90.8 Å². The fraction of sp³-hybridized carbons (Fsp3) is 0. The Morgan fingerprint density at radius 3 is 2.81 bits per heavy atom. The monoisotopic (exact) mass is 212 g/mol. The minimum atomic E-state index is 0.453. The van der Waals surface area contributed by atoms with E-state index in [2.05, 4.69) is 20.3 Å². The van der Waals surface area contributed by atoms with Crippen molar-refractivity contribution in [3.8, 4) is 11.3 Å². The first-order valence-electron chi connectivity index (χ1n) is 4.72. The van der Waals surface area contributed by atoms with Gasteiger partial charge in [0.25, 0.3) is 0 Å². The van der Waals surface area contributed by atoms with Crippen LogP contribution in [-0.4, -0.2) is 24.8 Å². The average Bonchev–Trinajstić information content (AvgIpc) is 2.73. The third-order valence-electron chi connectivity index (χ3n) is 2.26. The van der Waals surface area contributed by atoms with Crippen LogP contribution in [0.3, 0.4) is 0 Å². The van der Waals surface area contributed by atoms with Crippen LogP contribution in [-0.2, 0) is 0 Å². The normalized spacial score (nSPS) is 10.8. The molecule has 16 heavy (non-hydrogen) atoms. The van der Waals surface area contributed by atoms with Gasteiger partial charge in [0, 0.05) is 5.56 Å². The van der Waals surface area contributed by atoms with Gasteiger partial charge in [-0.1, -0.05) is 0 Å². The molecule has 2 N–H and O–H groups in total. The zero-order valence-electron chi connectivity index (χ0n) is 8.28. The lowest BCUT2D eigenvalue weighted by molar-refractivity contribution is 0.946. The Bertz CT molecular complexity index is 630. The van der Waals surface area contributed by atoms with E-state index in [0.29, 0.717) is 5.82 Å². The fourth-order valence-electron chi connectivity index (χ4n) is 1.53. The molecule has 0 spiro atoms. The first-order valence-corrected chi connectivity index (χ1v) is 4.72. The molecule has 0 aromatic carbocycles. The number of hydrogen-bond donors (Lipinski definition) is 1. The molecule has 0 saturated carbocycles. The second kappa shape index (κ2) is 3.27. The fourth-order valence-corrected chi connectivity index (χ4v) is 1.53. The highest BCUT2D eigenvalue weighted by molar-refractivity contribution is 5.62. The molecule has 3 heterocycles. The molecule has 0 unspecified atom stereocenters. The van der Waals surface area contributed by atoms with E-state index in [1.165, 1.54) is 0 Å². The molecule has 78 valence electrons. The number of hydrogen-bond acceptors (Lipinski definition) is 5. The molecule has 0 amide bonds. The topological polar surface area (TPSA) is 82.0 Å². The molecule has 3 aromatic heterocycles. The van der Waals surface area contributed by atoms with Crippen molar-refractivity contribution in [1.29, 1.82) is 0 Å². The number of rotatable bonds is 1. The number of nitrogens with two attached hydrogens (primary N) is 1. The van der Waals surface area contributed by atoms with Crippen molar-refractivity contribution in [1.82, 2.24) is 24.8 Å². The van der Waals surface area contributed by atoms with Crippen LogP contribution >= 0.6 is 0 Å². The van der Waals surface area contributed by atoms with Gasteiger partial charge < -0.3 is 5.73 Å². The van der Waals surface area contributed by atoms with Gasteiger partial charge in [0.15, 0.2) is 5.65 Å².